The van der Waals surface area contributed by atoms with E-state index >= 15 is 0 Å². The Morgan fingerprint density at radius 1 is 0.812 bits per heavy atom. The van der Waals surface area contributed by atoms with Crippen molar-refractivity contribution < 1.29 is 17.9 Å². The van der Waals surface area contributed by atoms with E-state index in [4.69, 9.17) is 21.1 Å². The van der Waals surface area contributed by atoms with Crippen molar-refractivity contribution >= 4 is 50.0 Å². The third-order valence-corrected chi connectivity index (χ3v) is 6.15. The van der Waals surface area contributed by atoms with E-state index < -0.39 is 10.0 Å². The molecule has 0 saturated heterocycles. The first kappa shape index (κ1) is 21.7. The van der Waals surface area contributed by atoms with Gasteiger partial charge in [0.25, 0.3) is 10.0 Å². The van der Waals surface area contributed by atoms with Crippen LogP contribution in [0.2, 0.25) is 5.02 Å². The molecule has 0 aliphatic carbocycles. The van der Waals surface area contributed by atoms with Crippen LogP contribution in [0.1, 0.15) is 0 Å². The molecule has 4 rings (SSSR count). The van der Waals surface area contributed by atoms with Crippen LogP contribution >= 0.6 is 11.6 Å². The topological polar surface area (TPSA) is 102 Å². The van der Waals surface area contributed by atoms with E-state index in [2.05, 4.69) is 20.0 Å². The number of rotatable bonds is 7. The maximum absolute atomic E-state index is 13.0. The molecule has 0 saturated carbocycles. The molecule has 0 spiro atoms. The lowest BCUT2D eigenvalue weighted by Gasteiger charge is -2.15. The number of hydrogen-bond acceptors (Lipinski definition) is 7. The molecule has 2 N–H and O–H groups in total. The maximum Gasteiger partial charge on any atom is 0.263 e. The smallest absolute Gasteiger partial charge is 0.263 e. The quantitative estimate of drug-likeness (QED) is 0.398. The first-order valence-electron chi connectivity index (χ1n) is 9.43. The highest BCUT2D eigenvalue weighted by molar-refractivity contribution is 7.92. The Morgan fingerprint density at radius 3 is 1.94 bits per heavy atom. The number of fused-ring (bicyclic) bond motifs is 1. The van der Waals surface area contributed by atoms with Crippen molar-refractivity contribution in [3.63, 3.8) is 0 Å². The molecule has 10 heteroatoms. The Morgan fingerprint density at radius 2 is 1.38 bits per heavy atom. The summed E-state index contributed by atoms with van der Waals surface area (Å²) in [7, 11) is -0.856. The van der Waals surface area contributed by atoms with Gasteiger partial charge in [-0.2, -0.15) is 0 Å². The van der Waals surface area contributed by atoms with E-state index in [0.717, 1.165) is 0 Å². The fourth-order valence-electron chi connectivity index (χ4n) is 2.97. The zero-order chi connectivity index (χ0) is 22.7. The first-order valence-corrected chi connectivity index (χ1v) is 11.3. The Labute approximate surface area is 190 Å². The molecule has 0 atom stereocenters. The second kappa shape index (κ2) is 8.89. The molecule has 0 aliphatic rings. The normalized spacial score (nSPS) is 11.2. The van der Waals surface area contributed by atoms with Crippen LogP contribution < -0.4 is 19.5 Å². The maximum atomic E-state index is 13.0. The van der Waals surface area contributed by atoms with Gasteiger partial charge in [0, 0.05) is 28.9 Å². The Balaban J connectivity index is 1.78. The summed E-state index contributed by atoms with van der Waals surface area (Å²) < 4.78 is 39.1. The largest absolute Gasteiger partial charge is 0.497 e. The van der Waals surface area contributed by atoms with Crippen molar-refractivity contribution in [3.05, 3.63) is 71.8 Å². The molecule has 0 bridgehead atoms. The Hall–Kier alpha value is -3.56. The van der Waals surface area contributed by atoms with Crippen molar-refractivity contribution in [2.75, 3.05) is 24.3 Å². The van der Waals surface area contributed by atoms with Gasteiger partial charge in [0.15, 0.2) is 11.6 Å². The molecular formula is C22H19ClN4O4S. The molecule has 1 heterocycles. The summed E-state index contributed by atoms with van der Waals surface area (Å²) in [6.45, 7) is 0. The summed E-state index contributed by atoms with van der Waals surface area (Å²) in [5.41, 5.74) is 1.71. The predicted molar refractivity (Wildman–Crippen MR) is 125 cm³/mol. The van der Waals surface area contributed by atoms with Crippen molar-refractivity contribution in [1.82, 2.24) is 9.97 Å². The minimum absolute atomic E-state index is 0.0421. The third-order valence-electron chi connectivity index (χ3n) is 4.54. The van der Waals surface area contributed by atoms with Gasteiger partial charge in [-0.3, -0.25) is 4.72 Å². The lowest BCUT2D eigenvalue weighted by atomic mass is 10.2. The molecule has 0 radical (unpaired) electrons. The number of nitrogens with zero attached hydrogens (tertiary/aromatic N) is 2. The van der Waals surface area contributed by atoms with Gasteiger partial charge in [-0.1, -0.05) is 23.7 Å². The lowest BCUT2D eigenvalue weighted by molar-refractivity contribution is 0.395. The highest BCUT2D eigenvalue weighted by Gasteiger charge is 2.19. The average Bonchev–Trinajstić information content (AvgIpc) is 2.79. The SMILES string of the molecule is COc1cc(Nc2nc3ccccc3nc2NS(=O)(=O)c2ccc(Cl)cc2)cc(OC)c1. The number of ether oxygens (including phenoxy) is 2. The fraction of sp³-hybridized carbons (Fsp3) is 0.0909. The second-order valence-corrected chi connectivity index (χ2v) is 8.81. The standard InChI is InChI=1S/C22H19ClN4O4S/c1-30-16-11-15(12-17(13-16)31-2)24-21-22(26-20-6-4-3-5-19(20)25-21)27-32(28,29)18-9-7-14(23)8-10-18/h3-13H,1-2H3,(H,24,25)(H,26,27). The molecule has 4 aromatic rings. The monoisotopic (exact) mass is 470 g/mol. The minimum Gasteiger partial charge on any atom is -0.497 e. The van der Waals surface area contributed by atoms with Gasteiger partial charge in [-0.15, -0.1) is 0 Å². The number of hydrogen-bond donors (Lipinski definition) is 2. The highest BCUT2D eigenvalue weighted by Crippen LogP contribution is 2.31. The summed E-state index contributed by atoms with van der Waals surface area (Å²) >= 11 is 5.88. The Kier molecular flexibility index (Phi) is 6.02. The molecule has 0 fully saturated rings. The first-order chi connectivity index (χ1) is 15.4. The molecule has 8 nitrogen and oxygen atoms in total. The van der Waals surface area contributed by atoms with Gasteiger partial charge in [0.05, 0.1) is 30.1 Å². The number of anilines is 3. The van der Waals surface area contributed by atoms with Crippen LogP contribution in [-0.4, -0.2) is 32.6 Å². The molecule has 0 unspecified atom stereocenters. The second-order valence-electron chi connectivity index (χ2n) is 6.70. The van der Waals surface area contributed by atoms with Crippen molar-refractivity contribution in [3.8, 4) is 11.5 Å². The van der Waals surface area contributed by atoms with Crippen LogP contribution in [0.5, 0.6) is 11.5 Å². The van der Waals surface area contributed by atoms with Gasteiger partial charge >= 0.3 is 0 Å². The van der Waals surface area contributed by atoms with E-state index in [1.165, 1.54) is 24.3 Å². The molecule has 32 heavy (non-hydrogen) atoms. The van der Waals surface area contributed by atoms with Crippen molar-refractivity contribution in [2.24, 2.45) is 0 Å². The zero-order valence-electron chi connectivity index (χ0n) is 17.2. The van der Waals surface area contributed by atoms with Gasteiger partial charge in [0.2, 0.25) is 0 Å². The molecular weight excluding hydrogens is 452 g/mol. The molecule has 1 aromatic heterocycles. The number of sulfonamides is 1. The van der Waals surface area contributed by atoms with Crippen LogP contribution in [0.15, 0.2) is 71.6 Å². The number of aromatic nitrogens is 2. The molecule has 3 aromatic carbocycles. The van der Waals surface area contributed by atoms with Crippen LogP contribution in [0, 0.1) is 0 Å². The number of methoxy groups -OCH3 is 2. The average molecular weight is 471 g/mol. The van der Waals surface area contributed by atoms with Crippen LogP contribution in [0.25, 0.3) is 11.0 Å². The van der Waals surface area contributed by atoms with Crippen molar-refractivity contribution in [1.29, 1.82) is 0 Å². The van der Waals surface area contributed by atoms with E-state index in [-0.39, 0.29) is 16.5 Å². The van der Waals surface area contributed by atoms with Crippen LogP contribution in [0.3, 0.4) is 0 Å². The third kappa shape index (κ3) is 4.68. The molecule has 164 valence electrons. The van der Waals surface area contributed by atoms with Crippen LogP contribution in [0.4, 0.5) is 17.3 Å². The number of para-hydroxylation sites is 2. The fourth-order valence-corrected chi connectivity index (χ4v) is 4.11. The predicted octanol–water partition coefficient (Wildman–Crippen LogP) is 4.84. The van der Waals surface area contributed by atoms with E-state index in [1.807, 2.05) is 6.07 Å². The Bertz CT molecular complexity index is 1360. The summed E-state index contributed by atoms with van der Waals surface area (Å²) in [4.78, 5) is 9.10. The summed E-state index contributed by atoms with van der Waals surface area (Å²) in [5.74, 6) is 1.38. The lowest BCUT2D eigenvalue weighted by Crippen LogP contribution is -2.16. The molecule has 0 amide bonds. The van der Waals surface area contributed by atoms with E-state index in [1.54, 1.807) is 50.6 Å². The van der Waals surface area contributed by atoms with Gasteiger partial charge < -0.3 is 14.8 Å². The summed E-state index contributed by atoms with van der Waals surface area (Å²) in [6, 6.07) is 18.2. The van der Waals surface area contributed by atoms with Crippen LogP contribution in [-0.2, 0) is 10.0 Å². The number of nitrogens with one attached hydrogen (secondary N) is 2. The van der Waals surface area contributed by atoms with Gasteiger partial charge in [-0.25, -0.2) is 18.4 Å². The highest BCUT2D eigenvalue weighted by atomic mass is 35.5. The summed E-state index contributed by atoms with van der Waals surface area (Å²) in [5, 5.41) is 3.55. The zero-order valence-corrected chi connectivity index (χ0v) is 18.7. The van der Waals surface area contributed by atoms with E-state index in [9.17, 15) is 8.42 Å². The van der Waals surface area contributed by atoms with Crippen molar-refractivity contribution in [2.45, 2.75) is 4.90 Å². The number of halogens is 1. The minimum atomic E-state index is -3.94. The van der Waals surface area contributed by atoms with E-state index in [0.29, 0.717) is 33.2 Å². The van der Waals surface area contributed by atoms with Gasteiger partial charge in [-0.05, 0) is 36.4 Å². The number of benzene rings is 3. The van der Waals surface area contributed by atoms with Gasteiger partial charge in [0.1, 0.15) is 11.5 Å². The summed E-state index contributed by atoms with van der Waals surface area (Å²) in [6.07, 6.45) is 0. The molecule has 0 aliphatic heterocycles.